The number of benzene rings is 6. The average Bonchev–Trinajstić information content (AvgIpc) is 3.79. The van der Waals surface area contributed by atoms with E-state index in [2.05, 4.69) is 32.7 Å². The van der Waals surface area contributed by atoms with Gasteiger partial charge in [-0.15, -0.1) is 0 Å². The number of nitrogens with zero attached hydrogens (tertiary/aromatic N) is 1. The third-order valence-corrected chi connectivity index (χ3v) is 12.0. The zero-order valence-electron chi connectivity index (χ0n) is 34.2. The van der Waals surface area contributed by atoms with Crippen LogP contribution >= 0.6 is 23.5 Å². The highest BCUT2D eigenvalue weighted by atomic mass is 32.2. The van der Waals surface area contributed by atoms with E-state index >= 15 is 0 Å². The second-order valence-electron chi connectivity index (χ2n) is 14.8. The Morgan fingerprint density at radius 2 is 0.984 bits per heavy atom. The molecule has 0 saturated carbocycles. The van der Waals surface area contributed by atoms with Crippen molar-refractivity contribution in [1.82, 2.24) is 20.9 Å². The van der Waals surface area contributed by atoms with E-state index in [0.717, 1.165) is 79.4 Å². The number of hydrogen-bond acceptors (Lipinski definition) is 8. The highest BCUT2D eigenvalue weighted by Crippen LogP contribution is 2.27. The van der Waals surface area contributed by atoms with Crippen molar-refractivity contribution in [3.05, 3.63) is 180 Å². The Kier molecular flexibility index (Phi) is 14.7. The molecule has 12 nitrogen and oxygen atoms in total. The van der Waals surface area contributed by atoms with Gasteiger partial charge < -0.3 is 20.9 Å². The Morgan fingerprint density at radius 3 is 1.46 bits per heavy atom. The predicted octanol–water partition coefficient (Wildman–Crippen LogP) is 9.48. The van der Waals surface area contributed by atoms with Crippen molar-refractivity contribution in [2.45, 2.75) is 36.4 Å². The second kappa shape index (κ2) is 21.1. The molecule has 5 N–H and O–H groups in total. The monoisotopic (exact) mass is 876 g/mol. The standard InChI is InChI=1S/C25H23N3O3S.C24H21N3O3S/c1-28(24(30)26-21-8-3-2-4-9-21)16-18-6-5-7-20(14-18)19-12-10-17(11-13-19)15-22-23(29)27-25(31)32-22;28-22-21(31-24(30)27-22)14-16-9-11-18(12-10-16)19-6-4-5-17(13-19)15-25-23(29)26-20-7-2-1-3-8-20/h2-14,22H,15-16H2,1H3,(H,26,30)(H,27,29,31);1-13,21H,14-15H2,(H2,25,26,29)(H,27,28,30). The van der Waals surface area contributed by atoms with Crippen LogP contribution in [0.4, 0.5) is 30.6 Å². The SMILES string of the molecule is CN(Cc1cccc(-c2ccc(CC3SC(=O)NC3=O)cc2)c1)C(=O)Nc1ccccc1.O=C(NCc1cccc(-c2ccc(CC3SC(=O)NC3=O)cc2)c1)Nc1ccccc1. The number of carbonyl (C=O) groups is 6. The van der Waals surface area contributed by atoms with Crippen LogP contribution in [0.1, 0.15) is 22.3 Å². The molecule has 0 aliphatic carbocycles. The van der Waals surface area contributed by atoms with Gasteiger partial charge in [0.2, 0.25) is 11.8 Å². The van der Waals surface area contributed by atoms with Crippen LogP contribution in [-0.4, -0.2) is 56.8 Å². The highest BCUT2D eigenvalue weighted by Gasteiger charge is 2.32. The van der Waals surface area contributed by atoms with Crippen LogP contribution in [-0.2, 0) is 35.5 Å². The number of carbonyl (C=O) groups excluding carboxylic acids is 6. The minimum Gasteiger partial charge on any atom is -0.334 e. The molecule has 2 saturated heterocycles. The topological polar surface area (TPSA) is 166 Å². The Balaban J connectivity index is 0.000000189. The van der Waals surface area contributed by atoms with Gasteiger partial charge in [0.25, 0.3) is 10.5 Å². The molecule has 6 aromatic rings. The largest absolute Gasteiger partial charge is 0.334 e. The maximum absolute atomic E-state index is 12.5. The van der Waals surface area contributed by atoms with E-state index in [0.29, 0.717) is 25.9 Å². The number of hydrogen-bond donors (Lipinski definition) is 5. The summed E-state index contributed by atoms with van der Waals surface area (Å²) in [6.07, 6.45) is 1.03. The number of thioether (sulfide) groups is 2. The molecule has 0 radical (unpaired) electrons. The summed E-state index contributed by atoms with van der Waals surface area (Å²) in [7, 11) is 1.77. The van der Waals surface area contributed by atoms with Crippen molar-refractivity contribution in [3.63, 3.8) is 0 Å². The molecule has 2 fully saturated rings. The van der Waals surface area contributed by atoms with Crippen LogP contribution in [0.5, 0.6) is 0 Å². The molecule has 0 spiro atoms. The number of imide groups is 2. The lowest BCUT2D eigenvalue weighted by atomic mass is 10.00. The lowest BCUT2D eigenvalue weighted by molar-refractivity contribution is -0.119. The van der Waals surface area contributed by atoms with Gasteiger partial charge in [-0.3, -0.25) is 29.8 Å². The summed E-state index contributed by atoms with van der Waals surface area (Å²) >= 11 is 2.08. The van der Waals surface area contributed by atoms with Crippen LogP contribution in [0.15, 0.2) is 158 Å². The summed E-state index contributed by atoms with van der Waals surface area (Å²) in [5.41, 5.74) is 9.70. The molecule has 6 aromatic carbocycles. The molecule has 2 aliphatic heterocycles. The van der Waals surface area contributed by atoms with Gasteiger partial charge in [-0.05, 0) is 93.7 Å². The van der Waals surface area contributed by atoms with Crippen molar-refractivity contribution in [1.29, 1.82) is 0 Å². The van der Waals surface area contributed by atoms with E-state index < -0.39 is 0 Å². The summed E-state index contributed by atoms with van der Waals surface area (Å²) < 4.78 is 0. The lowest BCUT2D eigenvalue weighted by Crippen LogP contribution is -2.30. The molecule has 2 unspecified atom stereocenters. The van der Waals surface area contributed by atoms with Gasteiger partial charge in [-0.1, -0.05) is 145 Å². The second-order valence-corrected chi connectivity index (χ2v) is 17.1. The van der Waals surface area contributed by atoms with Gasteiger partial charge in [-0.25, -0.2) is 9.59 Å². The first-order chi connectivity index (χ1) is 30.5. The maximum Gasteiger partial charge on any atom is 0.321 e. The van der Waals surface area contributed by atoms with Crippen LogP contribution in [0.25, 0.3) is 22.3 Å². The smallest absolute Gasteiger partial charge is 0.321 e. The van der Waals surface area contributed by atoms with Crippen molar-refractivity contribution < 1.29 is 28.8 Å². The van der Waals surface area contributed by atoms with E-state index in [1.54, 1.807) is 11.9 Å². The summed E-state index contributed by atoms with van der Waals surface area (Å²) in [4.78, 5) is 72.3. The number of rotatable bonds is 12. The molecular weight excluding hydrogens is 833 g/mol. The van der Waals surface area contributed by atoms with Crippen molar-refractivity contribution >= 4 is 69.3 Å². The Hall–Kier alpha value is -7.16. The van der Waals surface area contributed by atoms with E-state index in [1.807, 2.05) is 152 Å². The zero-order valence-corrected chi connectivity index (χ0v) is 35.8. The van der Waals surface area contributed by atoms with Crippen LogP contribution in [0, 0.1) is 0 Å². The molecule has 318 valence electrons. The van der Waals surface area contributed by atoms with Gasteiger partial charge in [0.05, 0.1) is 10.5 Å². The summed E-state index contributed by atoms with van der Waals surface area (Å²) in [6, 6.07) is 50.2. The maximum atomic E-state index is 12.5. The van der Waals surface area contributed by atoms with Crippen molar-refractivity contribution in [2.24, 2.45) is 0 Å². The zero-order chi connectivity index (χ0) is 44.1. The molecular formula is C49H44N6O6S2. The number of amides is 8. The molecule has 2 heterocycles. The van der Waals surface area contributed by atoms with Gasteiger partial charge >= 0.3 is 12.1 Å². The van der Waals surface area contributed by atoms with Gasteiger partial charge in [0.15, 0.2) is 0 Å². The third-order valence-electron chi connectivity index (χ3n) is 10.1. The van der Waals surface area contributed by atoms with Gasteiger partial charge in [0, 0.05) is 31.5 Å². The van der Waals surface area contributed by atoms with E-state index in [-0.39, 0.29) is 44.9 Å². The fraction of sp³-hybridized carbons (Fsp3) is 0.143. The molecule has 8 amide bonds. The van der Waals surface area contributed by atoms with Crippen molar-refractivity contribution in [2.75, 3.05) is 17.7 Å². The molecule has 0 aromatic heterocycles. The van der Waals surface area contributed by atoms with Crippen molar-refractivity contribution in [3.8, 4) is 22.3 Å². The Labute approximate surface area is 373 Å². The number of urea groups is 2. The first-order valence-electron chi connectivity index (χ1n) is 20.1. The van der Waals surface area contributed by atoms with E-state index in [1.165, 1.54) is 0 Å². The minimum absolute atomic E-state index is 0.168. The highest BCUT2D eigenvalue weighted by molar-refractivity contribution is 8.15. The Morgan fingerprint density at radius 1 is 0.524 bits per heavy atom. The first-order valence-corrected chi connectivity index (χ1v) is 21.9. The third kappa shape index (κ3) is 12.7. The first kappa shape index (κ1) is 43.9. The molecule has 2 aliphatic rings. The quantitative estimate of drug-likeness (QED) is 0.0811. The molecule has 0 bridgehead atoms. The summed E-state index contributed by atoms with van der Waals surface area (Å²) in [5.74, 6) is -0.451. The number of anilines is 2. The summed E-state index contributed by atoms with van der Waals surface area (Å²) in [6.45, 7) is 0.888. The van der Waals surface area contributed by atoms with Crippen LogP contribution in [0.3, 0.4) is 0 Å². The molecule has 14 heteroatoms. The number of nitrogens with one attached hydrogen (secondary N) is 5. The minimum atomic E-state index is -0.366. The lowest BCUT2D eigenvalue weighted by Gasteiger charge is -2.18. The van der Waals surface area contributed by atoms with E-state index in [9.17, 15) is 28.8 Å². The predicted molar refractivity (Wildman–Crippen MR) is 250 cm³/mol. The molecule has 63 heavy (non-hydrogen) atoms. The van der Waals surface area contributed by atoms with E-state index in [4.69, 9.17) is 0 Å². The Bertz CT molecular complexity index is 2590. The van der Waals surface area contributed by atoms with Gasteiger partial charge in [0.1, 0.15) is 0 Å². The fourth-order valence-corrected chi connectivity index (χ4v) is 8.54. The fourth-order valence-electron chi connectivity index (χ4n) is 6.83. The number of para-hydroxylation sites is 2. The average molecular weight is 877 g/mol. The van der Waals surface area contributed by atoms with Crippen LogP contribution < -0.4 is 26.6 Å². The molecule has 8 rings (SSSR count). The normalized spacial score (nSPS) is 15.4. The van der Waals surface area contributed by atoms with Crippen LogP contribution in [0.2, 0.25) is 0 Å². The van der Waals surface area contributed by atoms with Gasteiger partial charge in [-0.2, -0.15) is 0 Å². The summed E-state index contributed by atoms with van der Waals surface area (Å²) in [5, 5.41) is 11.9. The molecule has 2 atom stereocenters.